The van der Waals surface area contributed by atoms with Crippen molar-refractivity contribution < 1.29 is 28.2 Å². The van der Waals surface area contributed by atoms with Crippen molar-refractivity contribution >= 4 is 22.9 Å². The largest absolute Gasteiger partial charge is 0.416 e. The highest BCUT2D eigenvalue weighted by Gasteiger charge is 2.91. The fourth-order valence-corrected chi connectivity index (χ4v) is 6.03. The molecule has 0 spiro atoms. The molecule has 9 nitrogen and oxygen atoms in total. The maximum absolute atomic E-state index is 13.0. The molecule has 1 amide bonds. The molecule has 3 saturated carbocycles. The Balaban J connectivity index is 1.37. The third-order valence-corrected chi connectivity index (χ3v) is 7.77. The van der Waals surface area contributed by atoms with E-state index in [1.165, 1.54) is 25.5 Å². The van der Waals surface area contributed by atoms with Gasteiger partial charge in [-0.05, 0) is 36.5 Å². The van der Waals surface area contributed by atoms with E-state index in [1.54, 1.807) is 11.6 Å². The predicted molar refractivity (Wildman–Crippen MR) is 120 cm³/mol. The molecule has 3 fully saturated rings. The van der Waals surface area contributed by atoms with E-state index < -0.39 is 34.9 Å². The normalized spacial score (nSPS) is 31.8. The van der Waals surface area contributed by atoms with Crippen LogP contribution >= 0.6 is 0 Å². The van der Waals surface area contributed by atoms with Gasteiger partial charge >= 0.3 is 6.18 Å². The molecule has 36 heavy (non-hydrogen) atoms. The first kappa shape index (κ1) is 22.8. The zero-order valence-corrected chi connectivity index (χ0v) is 19.1. The summed E-state index contributed by atoms with van der Waals surface area (Å²) in [4.78, 5) is 25.5. The number of aliphatic hydroxyl groups excluding tert-OH is 1. The average molecular weight is 498 g/mol. The van der Waals surface area contributed by atoms with Crippen LogP contribution in [0.25, 0.3) is 11.2 Å². The fraction of sp³-hybridized carbons (Fsp3) is 0.417. The van der Waals surface area contributed by atoms with Crippen molar-refractivity contribution in [3.63, 3.8) is 0 Å². The Morgan fingerprint density at radius 3 is 2.67 bits per heavy atom. The fourth-order valence-electron chi connectivity index (χ4n) is 6.03. The first-order valence-electron chi connectivity index (χ1n) is 11.3. The lowest BCUT2D eigenvalue weighted by Crippen LogP contribution is -2.45. The van der Waals surface area contributed by atoms with Crippen LogP contribution in [0.15, 0.2) is 30.6 Å². The number of nitrogens with one attached hydrogen (secondary N) is 2. The highest BCUT2D eigenvalue weighted by molar-refractivity contribution is 5.89. The van der Waals surface area contributed by atoms with E-state index in [4.69, 9.17) is 0 Å². The molecular weight excluding hydrogens is 477 g/mol. The molecule has 3 aromatic rings. The smallest absolute Gasteiger partial charge is 0.389 e. The Labute approximate surface area is 202 Å². The third-order valence-electron chi connectivity index (χ3n) is 7.77. The Morgan fingerprint density at radius 2 is 2.03 bits per heavy atom. The number of hydrogen-bond donors (Lipinski definition) is 4. The number of anilines is 1. The summed E-state index contributed by atoms with van der Waals surface area (Å²) >= 11 is 0. The van der Waals surface area contributed by atoms with E-state index in [0.29, 0.717) is 23.4 Å². The summed E-state index contributed by atoms with van der Waals surface area (Å²) < 4.78 is 40.7. The van der Waals surface area contributed by atoms with E-state index in [-0.39, 0.29) is 29.1 Å². The molecule has 0 radical (unpaired) electrons. The summed E-state index contributed by atoms with van der Waals surface area (Å²) in [5.74, 6) is 5.02. The summed E-state index contributed by atoms with van der Waals surface area (Å²) in [6, 6.07) is 4.12. The summed E-state index contributed by atoms with van der Waals surface area (Å²) in [5, 5.41) is 27.8. The van der Waals surface area contributed by atoms with Crippen LogP contribution in [-0.4, -0.2) is 61.4 Å². The Bertz CT molecular complexity index is 1490. The van der Waals surface area contributed by atoms with Gasteiger partial charge in [-0.25, -0.2) is 15.0 Å². The second kappa shape index (κ2) is 7.18. The van der Waals surface area contributed by atoms with Gasteiger partial charge in [-0.1, -0.05) is 12.0 Å². The Hall–Kier alpha value is -3.69. The molecule has 3 aliphatic rings. The second-order valence-corrected chi connectivity index (χ2v) is 9.49. The van der Waals surface area contributed by atoms with E-state index in [9.17, 15) is 28.2 Å². The van der Waals surface area contributed by atoms with Crippen molar-refractivity contribution in [2.45, 2.75) is 30.3 Å². The van der Waals surface area contributed by atoms with E-state index in [2.05, 4.69) is 37.4 Å². The number of halogens is 3. The molecule has 6 rings (SSSR count). The van der Waals surface area contributed by atoms with Crippen LogP contribution in [0.3, 0.4) is 0 Å². The number of aromatic nitrogens is 4. The van der Waals surface area contributed by atoms with Crippen LogP contribution in [0.1, 0.15) is 29.4 Å². The highest BCUT2D eigenvalue weighted by Crippen LogP contribution is 2.82. The van der Waals surface area contributed by atoms with Crippen LogP contribution in [0.5, 0.6) is 0 Å². The quantitative estimate of drug-likeness (QED) is 0.402. The molecule has 0 aliphatic heterocycles. The molecule has 12 heteroatoms. The number of amides is 1. The minimum Gasteiger partial charge on any atom is -0.389 e. The van der Waals surface area contributed by atoms with Gasteiger partial charge in [0.1, 0.15) is 5.60 Å². The van der Waals surface area contributed by atoms with E-state index >= 15 is 0 Å². The van der Waals surface area contributed by atoms with Crippen LogP contribution in [0, 0.1) is 29.1 Å². The number of imidazole rings is 1. The number of hydrogen-bond acceptors (Lipinski definition) is 7. The molecule has 2 aromatic heterocycles. The molecule has 0 saturated heterocycles. The molecule has 3 aliphatic carbocycles. The monoisotopic (exact) mass is 498 g/mol. The number of benzene rings is 1. The number of aliphatic hydroxyl groups is 2. The van der Waals surface area contributed by atoms with E-state index in [0.717, 1.165) is 12.1 Å². The molecule has 1 aromatic carbocycles. The lowest BCUT2D eigenvalue weighted by atomic mass is 9.93. The topological polar surface area (TPSA) is 125 Å². The number of alkyl halides is 3. The van der Waals surface area contributed by atoms with Crippen molar-refractivity contribution in [2.24, 2.45) is 17.3 Å². The summed E-state index contributed by atoms with van der Waals surface area (Å²) in [7, 11) is 3.14. The first-order valence-corrected chi connectivity index (χ1v) is 11.3. The van der Waals surface area contributed by atoms with Crippen LogP contribution in [0.4, 0.5) is 19.0 Å². The summed E-state index contributed by atoms with van der Waals surface area (Å²) in [5.41, 5.74) is -2.33. The number of nitrogens with zero attached hydrogens (tertiary/aromatic N) is 4. The number of carbonyl (C=O) groups excluding carboxylic acids is 1. The summed E-state index contributed by atoms with van der Waals surface area (Å²) in [6.45, 7) is 0. The number of fused-ring (bicyclic) bond motifs is 4. The minimum atomic E-state index is -4.48. The zero-order valence-electron chi connectivity index (χ0n) is 19.1. The molecular formula is C24H21F3N6O3. The van der Waals surface area contributed by atoms with Crippen molar-refractivity contribution in [1.29, 1.82) is 0 Å². The predicted octanol–water partition coefficient (Wildman–Crippen LogP) is 1.32. The van der Waals surface area contributed by atoms with Crippen LogP contribution in [-0.2, 0) is 11.0 Å². The van der Waals surface area contributed by atoms with Crippen molar-refractivity contribution in [1.82, 2.24) is 24.8 Å². The van der Waals surface area contributed by atoms with E-state index in [1.807, 2.05) is 0 Å². The van der Waals surface area contributed by atoms with Gasteiger partial charge in [0.2, 0.25) is 11.7 Å². The Kier molecular flexibility index (Phi) is 4.54. The minimum absolute atomic E-state index is 0.0514. The lowest BCUT2D eigenvalue weighted by molar-refractivity contribution is -0.137. The van der Waals surface area contributed by atoms with Crippen molar-refractivity contribution in [3.8, 4) is 11.8 Å². The highest BCUT2D eigenvalue weighted by atomic mass is 19.4. The summed E-state index contributed by atoms with van der Waals surface area (Å²) in [6.07, 6.45) is -3.72. The van der Waals surface area contributed by atoms with Gasteiger partial charge < -0.3 is 25.4 Å². The van der Waals surface area contributed by atoms with Crippen molar-refractivity contribution in [3.05, 3.63) is 47.5 Å². The SMILES string of the molecule is CNC(=O)C12CC1[C@H]1C(n3cnc4c(NC)nc(C#Cc5cccc(C(F)(F)F)c5)nc43)[C@@]1(O)[C@@H]2O. The molecule has 3 unspecified atom stereocenters. The lowest BCUT2D eigenvalue weighted by Gasteiger charge is -2.25. The number of carbonyl (C=O) groups is 1. The Morgan fingerprint density at radius 1 is 1.25 bits per heavy atom. The van der Waals surface area contributed by atoms with Crippen molar-refractivity contribution in [2.75, 3.05) is 19.4 Å². The number of rotatable bonds is 3. The maximum Gasteiger partial charge on any atom is 0.416 e. The zero-order chi connectivity index (χ0) is 25.6. The van der Waals surface area contributed by atoms with Gasteiger partial charge in [0.15, 0.2) is 17.0 Å². The second-order valence-electron chi connectivity index (χ2n) is 9.49. The average Bonchev–Trinajstić information content (AvgIpc) is 3.67. The molecule has 4 N–H and O–H groups in total. The molecule has 186 valence electrons. The van der Waals surface area contributed by atoms with Gasteiger partial charge in [0, 0.05) is 25.6 Å². The van der Waals surface area contributed by atoms with Gasteiger partial charge in [0.05, 0.1) is 29.5 Å². The van der Waals surface area contributed by atoms with Gasteiger partial charge in [0.25, 0.3) is 0 Å². The molecule has 2 heterocycles. The molecule has 0 bridgehead atoms. The van der Waals surface area contributed by atoms with Gasteiger partial charge in [-0.3, -0.25) is 4.79 Å². The standard InChI is InChI=1S/C24H21F3N6O3/c1-28-18-16-19(32-14(31-18)7-6-11-4-3-5-12(8-11)24(25,26)27)33(10-30-16)17-15-13-9-22(13,21(35)29-2)20(34)23(15,17)36/h3-5,8,10,13,15,17,20,34,36H,9H2,1-2H3,(H,29,35)(H,28,31,32)/t13?,15-,17?,20+,22?,23+/m0/s1. The molecule has 6 atom stereocenters. The third kappa shape index (κ3) is 2.87. The maximum atomic E-state index is 13.0. The van der Waals surface area contributed by atoms with Gasteiger partial charge in [-0.2, -0.15) is 13.2 Å². The van der Waals surface area contributed by atoms with Crippen LogP contribution < -0.4 is 10.6 Å². The van der Waals surface area contributed by atoms with Gasteiger partial charge in [-0.15, -0.1) is 0 Å². The first-order chi connectivity index (χ1) is 17.1. The van der Waals surface area contributed by atoms with Crippen LogP contribution in [0.2, 0.25) is 0 Å².